The molecule has 0 bridgehead atoms. The lowest BCUT2D eigenvalue weighted by atomic mass is 9.99. The van der Waals surface area contributed by atoms with Gasteiger partial charge >= 0.3 is 0 Å². The number of rotatable bonds is 8. The van der Waals surface area contributed by atoms with E-state index in [0.29, 0.717) is 12.5 Å². The number of benzene rings is 1. The van der Waals surface area contributed by atoms with Crippen LogP contribution in [0.1, 0.15) is 31.0 Å². The molecule has 1 aromatic rings. The molecule has 1 unspecified atom stereocenters. The number of halogens is 1. The van der Waals surface area contributed by atoms with E-state index in [-0.39, 0.29) is 6.04 Å². The van der Waals surface area contributed by atoms with Gasteiger partial charge in [-0.15, -0.1) is 0 Å². The predicted molar refractivity (Wildman–Crippen MR) is 92.9 cm³/mol. The van der Waals surface area contributed by atoms with Crippen LogP contribution in [0.5, 0.6) is 0 Å². The molecule has 1 atom stereocenters. The van der Waals surface area contributed by atoms with Gasteiger partial charge in [-0.1, -0.05) is 31.5 Å². The van der Waals surface area contributed by atoms with Crippen molar-refractivity contribution < 1.29 is 0 Å². The Labute approximate surface area is 135 Å². The van der Waals surface area contributed by atoms with E-state index in [1.165, 1.54) is 11.1 Å². The molecule has 2 N–H and O–H groups in total. The lowest BCUT2D eigenvalue weighted by Gasteiger charge is -2.34. The van der Waals surface area contributed by atoms with Gasteiger partial charge in [-0.25, -0.2) is 0 Å². The molecule has 0 saturated carbocycles. The van der Waals surface area contributed by atoms with Gasteiger partial charge in [-0.2, -0.15) is 0 Å². The van der Waals surface area contributed by atoms with Gasteiger partial charge in [0.05, 0.1) is 0 Å². The van der Waals surface area contributed by atoms with Crippen LogP contribution in [0.25, 0.3) is 0 Å². The van der Waals surface area contributed by atoms with Crippen LogP contribution in [0.15, 0.2) is 18.2 Å². The largest absolute Gasteiger partial charge is 0.329 e. The van der Waals surface area contributed by atoms with Crippen LogP contribution in [0, 0.1) is 12.8 Å². The molecule has 0 heterocycles. The minimum absolute atomic E-state index is 0.254. The maximum Gasteiger partial charge on any atom is 0.0473 e. The van der Waals surface area contributed by atoms with Gasteiger partial charge in [-0.3, -0.25) is 4.90 Å². The number of nitrogens with zero attached hydrogens (tertiary/aromatic N) is 2. The van der Waals surface area contributed by atoms with E-state index in [1.54, 1.807) is 0 Å². The molecule has 0 fully saturated rings. The van der Waals surface area contributed by atoms with Crippen molar-refractivity contribution in [3.8, 4) is 0 Å². The molecule has 21 heavy (non-hydrogen) atoms. The summed E-state index contributed by atoms with van der Waals surface area (Å²) in [4.78, 5) is 4.72. The molecule has 0 spiro atoms. The molecule has 0 aliphatic heterocycles. The highest BCUT2D eigenvalue weighted by Crippen LogP contribution is 2.26. The fourth-order valence-corrected chi connectivity index (χ4v) is 2.88. The van der Waals surface area contributed by atoms with Crippen molar-refractivity contribution in [2.75, 3.05) is 40.3 Å². The Balaban J connectivity index is 2.98. The lowest BCUT2D eigenvalue weighted by molar-refractivity contribution is 0.163. The highest BCUT2D eigenvalue weighted by atomic mass is 35.5. The zero-order valence-electron chi connectivity index (χ0n) is 14.1. The molecular weight excluding hydrogens is 282 g/mol. The molecule has 0 amide bonds. The molecule has 0 saturated heterocycles. The third-order valence-corrected chi connectivity index (χ3v) is 3.92. The summed E-state index contributed by atoms with van der Waals surface area (Å²) in [6.07, 6.45) is 0. The maximum atomic E-state index is 6.11. The summed E-state index contributed by atoms with van der Waals surface area (Å²) in [5.74, 6) is 0.619. The average Bonchev–Trinajstić information content (AvgIpc) is 2.38. The standard InChI is InChI=1S/C17H30ClN3/c1-13(2)12-21(9-8-20(4)5)17(11-19)16-7-6-15(18)10-14(16)3/h6-7,10,13,17H,8-9,11-12,19H2,1-5H3. The Morgan fingerprint density at radius 1 is 1.19 bits per heavy atom. The molecule has 0 aliphatic rings. The van der Waals surface area contributed by atoms with E-state index in [4.69, 9.17) is 17.3 Å². The number of hydrogen-bond acceptors (Lipinski definition) is 3. The van der Waals surface area contributed by atoms with Gasteiger partial charge < -0.3 is 10.6 Å². The van der Waals surface area contributed by atoms with Gasteiger partial charge in [-0.05, 0) is 50.2 Å². The van der Waals surface area contributed by atoms with E-state index >= 15 is 0 Å². The second-order valence-electron chi connectivity index (χ2n) is 6.44. The van der Waals surface area contributed by atoms with E-state index in [0.717, 1.165) is 24.7 Å². The van der Waals surface area contributed by atoms with Crippen LogP contribution in [0.3, 0.4) is 0 Å². The van der Waals surface area contributed by atoms with E-state index in [9.17, 15) is 0 Å². The van der Waals surface area contributed by atoms with Crippen LogP contribution in [0.2, 0.25) is 5.02 Å². The summed E-state index contributed by atoms with van der Waals surface area (Å²) in [5, 5.41) is 0.788. The summed E-state index contributed by atoms with van der Waals surface area (Å²) in [5.41, 5.74) is 8.62. The van der Waals surface area contributed by atoms with E-state index < -0.39 is 0 Å². The van der Waals surface area contributed by atoms with Crippen molar-refractivity contribution in [3.63, 3.8) is 0 Å². The Hall–Kier alpha value is -0.610. The minimum Gasteiger partial charge on any atom is -0.329 e. The molecule has 120 valence electrons. The molecule has 4 heteroatoms. The normalized spacial score (nSPS) is 13.4. The fourth-order valence-electron chi connectivity index (χ4n) is 2.66. The van der Waals surface area contributed by atoms with E-state index in [1.807, 2.05) is 12.1 Å². The molecule has 1 rings (SSSR count). The average molecular weight is 312 g/mol. The summed E-state index contributed by atoms with van der Waals surface area (Å²) >= 11 is 6.08. The predicted octanol–water partition coefficient (Wildman–Crippen LogP) is 3.17. The van der Waals surface area contributed by atoms with Crippen molar-refractivity contribution in [2.24, 2.45) is 11.7 Å². The summed E-state index contributed by atoms with van der Waals surface area (Å²) < 4.78 is 0. The highest BCUT2D eigenvalue weighted by Gasteiger charge is 2.21. The Bertz CT molecular complexity index is 432. The molecular formula is C17H30ClN3. The SMILES string of the molecule is Cc1cc(Cl)ccc1C(CN)N(CCN(C)C)CC(C)C. The number of aryl methyl sites for hydroxylation is 1. The number of nitrogens with two attached hydrogens (primary N) is 1. The smallest absolute Gasteiger partial charge is 0.0473 e. The van der Waals surface area contributed by atoms with Crippen molar-refractivity contribution in [3.05, 3.63) is 34.3 Å². The summed E-state index contributed by atoms with van der Waals surface area (Å²) in [6, 6.07) is 6.37. The van der Waals surface area contributed by atoms with Crippen molar-refractivity contribution in [1.82, 2.24) is 9.80 Å². The van der Waals surface area contributed by atoms with Gasteiger partial charge in [0.15, 0.2) is 0 Å². The second kappa shape index (κ2) is 8.74. The zero-order chi connectivity index (χ0) is 16.0. The minimum atomic E-state index is 0.254. The van der Waals surface area contributed by atoms with Crippen molar-refractivity contribution in [2.45, 2.75) is 26.8 Å². The first-order valence-electron chi connectivity index (χ1n) is 7.70. The van der Waals surface area contributed by atoms with Gasteiger partial charge in [0.2, 0.25) is 0 Å². The summed E-state index contributed by atoms with van der Waals surface area (Å²) in [7, 11) is 4.22. The molecule has 0 aliphatic carbocycles. The van der Waals surface area contributed by atoms with Crippen LogP contribution in [0.4, 0.5) is 0 Å². The van der Waals surface area contributed by atoms with Crippen LogP contribution >= 0.6 is 11.6 Å². The van der Waals surface area contributed by atoms with Crippen molar-refractivity contribution in [1.29, 1.82) is 0 Å². The molecule has 1 aromatic carbocycles. The van der Waals surface area contributed by atoms with Gasteiger partial charge in [0, 0.05) is 37.2 Å². The summed E-state index contributed by atoms with van der Waals surface area (Å²) in [6.45, 7) is 10.4. The molecule has 0 radical (unpaired) electrons. The highest BCUT2D eigenvalue weighted by molar-refractivity contribution is 6.30. The number of likely N-dealkylation sites (N-methyl/N-ethyl adjacent to an activating group) is 1. The first kappa shape index (κ1) is 18.4. The van der Waals surface area contributed by atoms with Crippen molar-refractivity contribution >= 4 is 11.6 Å². The maximum absolute atomic E-state index is 6.11. The van der Waals surface area contributed by atoms with Gasteiger partial charge in [0.1, 0.15) is 0 Å². The lowest BCUT2D eigenvalue weighted by Crippen LogP contribution is -2.40. The number of hydrogen-bond donors (Lipinski definition) is 1. The topological polar surface area (TPSA) is 32.5 Å². The fraction of sp³-hybridized carbons (Fsp3) is 0.647. The zero-order valence-corrected chi connectivity index (χ0v) is 14.8. The second-order valence-corrected chi connectivity index (χ2v) is 6.88. The Morgan fingerprint density at radius 3 is 2.33 bits per heavy atom. The van der Waals surface area contributed by atoms with E-state index in [2.05, 4.69) is 50.7 Å². The Morgan fingerprint density at radius 2 is 1.86 bits per heavy atom. The first-order chi connectivity index (χ1) is 9.85. The molecule has 3 nitrogen and oxygen atoms in total. The first-order valence-corrected chi connectivity index (χ1v) is 8.07. The van der Waals surface area contributed by atoms with Crippen LogP contribution < -0.4 is 5.73 Å². The van der Waals surface area contributed by atoms with Crippen LogP contribution in [-0.4, -0.2) is 50.1 Å². The van der Waals surface area contributed by atoms with Gasteiger partial charge in [0.25, 0.3) is 0 Å². The third kappa shape index (κ3) is 5.95. The quantitative estimate of drug-likeness (QED) is 0.800. The Kier molecular flexibility index (Phi) is 7.67. The molecule has 0 aromatic heterocycles. The third-order valence-electron chi connectivity index (χ3n) is 3.69. The van der Waals surface area contributed by atoms with Crippen LogP contribution in [-0.2, 0) is 0 Å². The monoisotopic (exact) mass is 311 g/mol.